The molecule has 2 aromatic rings. The molecular weight excluding hydrogens is 333 g/mol. The standard InChI is InChI=1S/C16H18FN3O3S/c17-14-4-1-3-13(11-14)12-24(21,22)20-9-5-15(6-10-20)23-16-18-7-2-8-19-16/h1-4,7-8,11,15H,5-6,9-10,12H2. The van der Waals surface area contributed by atoms with Crippen molar-refractivity contribution in [1.82, 2.24) is 14.3 Å². The third-order valence-corrected chi connectivity index (χ3v) is 5.70. The smallest absolute Gasteiger partial charge is 0.316 e. The van der Waals surface area contributed by atoms with Gasteiger partial charge in [-0.15, -0.1) is 0 Å². The molecule has 128 valence electrons. The lowest BCUT2D eigenvalue weighted by Gasteiger charge is -2.30. The van der Waals surface area contributed by atoms with E-state index in [1.807, 2.05) is 0 Å². The first kappa shape index (κ1) is 16.8. The van der Waals surface area contributed by atoms with Gasteiger partial charge in [0.2, 0.25) is 10.0 Å². The summed E-state index contributed by atoms with van der Waals surface area (Å²) in [4.78, 5) is 8.01. The summed E-state index contributed by atoms with van der Waals surface area (Å²) >= 11 is 0. The van der Waals surface area contributed by atoms with E-state index in [1.54, 1.807) is 24.5 Å². The average molecular weight is 351 g/mol. The van der Waals surface area contributed by atoms with E-state index < -0.39 is 15.8 Å². The lowest BCUT2D eigenvalue weighted by Crippen LogP contribution is -2.42. The number of benzene rings is 1. The van der Waals surface area contributed by atoms with Crippen LogP contribution in [-0.4, -0.2) is 41.9 Å². The Labute approximate surface area is 140 Å². The number of ether oxygens (including phenoxy) is 1. The molecule has 6 nitrogen and oxygen atoms in total. The fourth-order valence-electron chi connectivity index (χ4n) is 2.65. The van der Waals surface area contributed by atoms with Crippen LogP contribution in [0.1, 0.15) is 18.4 Å². The molecule has 0 aliphatic carbocycles. The normalized spacial score (nSPS) is 16.9. The fourth-order valence-corrected chi connectivity index (χ4v) is 4.20. The zero-order valence-electron chi connectivity index (χ0n) is 13.0. The number of nitrogens with zero attached hydrogens (tertiary/aromatic N) is 3. The summed E-state index contributed by atoms with van der Waals surface area (Å²) in [6.45, 7) is 0.740. The van der Waals surface area contributed by atoms with Crippen LogP contribution in [0.4, 0.5) is 4.39 Å². The summed E-state index contributed by atoms with van der Waals surface area (Å²) in [6.07, 6.45) is 4.23. The van der Waals surface area contributed by atoms with Gasteiger partial charge in [0.1, 0.15) is 11.9 Å². The van der Waals surface area contributed by atoms with Gasteiger partial charge < -0.3 is 4.74 Å². The first-order valence-corrected chi connectivity index (χ1v) is 9.30. The van der Waals surface area contributed by atoms with E-state index in [2.05, 4.69) is 9.97 Å². The molecule has 0 bridgehead atoms. The van der Waals surface area contributed by atoms with Gasteiger partial charge in [0, 0.05) is 25.5 Å². The van der Waals surface area contributed by atoms with E-state index in [-0.39, 0.29) is 11.9 Å². The largest absolute Gasteiger partial charge is 0.460 e. The molecule has 8 heteroatoms. The van der Waals surface area contributed by atoms with Crippen LogP contribution in [0.5, 0.6) is 6.01 Å². The number of halogens is 1. The second kappa shape index (κ2) is 7.23. The predicted octanol–water partition coefficient (Wildman–Crippen LogP) is 1.99. The van der Waals surface area contributed by atoms with Gasteiger partial charge in [0.25, 0.3) is 0 Å². The molecule has 1 saturated heterocycles. The van der Waals surface area contributed by atoms with E-state index in [4.69, 9.17) is 4.74 Å². The Morgan fingerprint density at radius 2 is 1.88 bits per heavy atom. The lowest BCUT2D eigenvalue weighted by atomic mass is 10.1. The van der Waals surface area contributed by atoms with Crippen LogP contribution in [-0.2, 0) is 15.8 Å². The highest BCUT2D eigenvalue weighted by molar-refractivity contribution is 7.88. The van der Waals surface area contributed by atoms with Crippen LogP contribution < -0.4 is 4.74 Å². The molecule has 0 amide bonds. The van der Waals surface area contributed by atoms with Crippen molar-refractivity contribution in [3.63, 3.8) is 0 Å². The van der Waals surface area contributed by atoms with Gasteiger partial charge in [0.15, 0.2) is 0 Å². The quantitative estimate of drug-likeness (QED) is 0.824. The fraction of sp³-hybridized carbons (Fsp3) is 0.375. The SMILES string of the molecule is O=S(=O)(Cc1cccc(F)c1)N1CCC(Oc2ncccn2)CC1. The molecule has 24 heavy (non-hydrogen) atoms. The maximum absolute atomic E-state index is 13.2. The molecule has 0 saturated carbocycles. The lowest BCUT2D eigenvalue weighted by molar-refractivity contribution is 0.124. The van der Waals surface area contributed by atoms with Crippen LogP contribution in [0.15, 0.2) is 42.7 Å². The third-order valence-electron chi connectivity index (χ3n) is 3.85. The van der Waals surface area contributed by atoms with Gasteiger partial charge >= 0.3 is 6.01 Å². The molecule has 1 aromatic heterocycles. The number of rotatable bonds is 5. The van der Waals surface area contributed by atoms with Crippen molar-refractivity contribution in [3.05, 3.63) is 54.1 Å². The molecule has 0 atom stereocenters. The van der Waals surface area contributed by atoms with Crippen molar-refractivity contribution in [3.8, 4) is 6.01 Å². The van der Waals surface area contributed by atoms with Gasteiger partial charge in [-0.05, 0) is 36.6 Å². The molecule has 0 radical (unpaired) electrons. The van der Waals surface area contributed by atoms with Crippen LogP contribution in [0, 0.1) is 5.82 Å². The number of hydrogen-bond donors (Lipinski definition) is 0. The first-order chi connectivity index (χ1) is 11.5. The molecule has 1 fully saturated rings. The Bertz CT molecular complexity index is 778. The van der Waals surface area contributed by atoms with E-state index in [0.717, 1.165) is 0 Å². The molecule has 0 unspecified atom stereocenters. The van der Waals surface area contributed by atoms with Gasteiger partial charge in [-0.25, -0.2) is 27.1 Å². The van der Waals surface area contributed by atoms with E-state index >= 15 is 0 Å². The van der Waals surface area contributed by atoms with Crippen LogP contribution in [0.2, 0.25) is 0 Å². The highest BCUT2D eigenvalue weighted by Gasteiger charge is 2.29. The van der Waals surface area contributed by atoms with Gasteiger partial charge in [0.05, 0.1) is 5.75 Å². The summed E-state index contributed by atoms with van der Waals surface area (Å²) in [5.41, 5.74) is 0.450. The third kappa shape index (κ3) is 4.27. The summed E-state index contributed by atoms with van der Waals surface area (Å²) < 4.78 is 45.2. The molecule has 1 aromatic carbocycles. The minimum absolute atomic E-state index is 0.104. The molecule has 1 aliphatic rings. The van der Waals surface area contributed by atoms with Crippen molar-refractivity contribution in [2.75, 3.05) is 13.1 Å². The van der Waals surface area contributed by atoms with E-state index in [1.165, 1.54) is 22.5 Å². The number of piperidine rings is 1. The Balaban J connectivity index is 1.57. The second-order valence-electron chi connectivity index (χ2n) is 5.63. The Morgan fingerprint density at radius 1 is 1.17 bits per heavy atom. The van der Waals surface area contributed by atoms with Crippen molar-refractivity contribution >= 4 is 10.0 Å². The van der Waals surface area contributed by atoms with Crippen molar-refractivity contribution in [2.45, 2.75) is 24.7 Å². The zero-order valence-corrected chi connectivity index (χ0v) is 13.8. The Kier molecular flexibility index (Phi) is 5.06. The van der Waals surface area contributed by atoms with E-state index in [0.29, 0.717) is 37.5 Å². The average Bonchev–Trinajstić information content (AvgIpc) is 2.56. The zero-order chi connectivity index (χ0) is 17.0. The highest BCUT2D eigenvalue weighted by atomic mass is 32.2. The molecule has 2 heterocycles. The van der Waals surface area contributed by atoms with Gasteiger partial charge in [-0.3, -0.25) is 0 Å². The molecule has 1 aliphatic heterocycles. The number of hydrogen-bond acceptors (Lipinski definition) is 5. The minimum atomic E-state index is -3.47. The van der Waals surface area contributed by atoms with Gasteiger partial charge in [-0.1, -0.05) is 12.1 Å². The summed E-state index contributed by atoms with van der Waals surface area (Å²) in [5, 5.41) is 0. The molecule has 0 spiro atoms. The first-order valence-electron chi connectivity index (χ1n) is 7.69. The van der Waals surface area contributed by atoms with Crippen molar-refractivity contribution < 1.29 is 17.5 Å². The topological polar surface area (TPSA) is 72.4 Å². The maximum atomic E-state index is 13.2. The van der Waals surface area contributed by atoms with Crippen LogP contribution in [0.25, 0.3) is 0 Å². The van der Waals surface area contributed by atoms with Crippen LogP contribution in [0.3, 0.4) is 0 Å². The minimum Gasteiger partial charge on any atom is -0.460 e. The number of aromatic nitrogens is 2. The van der Waals surface area contributed by atoms with E-state index in [9.17, 15) is 12.8 Å². The number of sulfonamides is 1. The van der Waals surface area contributed by atoms with Crippen molar-refractivity contribution in [2.24, 2.45) is 0 Å². The monoisotopic (exact) mass is 351 g/mol. The summed E-state index contributed by atoms with van der Waals surface area (Å²) in [7, 11) is -3.47. The molecule has 0 N–H and O–H groups in total. The predicted molar refractivity (Wildman–Crippen MR) is 86.3 cm³/mol. The summed E-state index contributed by atoms with van der Waals surface area (Å²) in [6, 6.07) is 7.68. The second-order valence-corrected chi connectivity index (χ2v) is 7.60. The molecule has 3 rings (SSSR count). The van der Waals surface area contributed by atoms with Crippen molar-refractivity contribution in [1.29, 1.82) is 0 Å². The Morgan fingerprint density at radius 3 is 2.54 bits per heavy atom. The van der Waals surface area contributed by atoms with Crippen LogP contribution >= 0.6 is 0 Å². The van der Waals surface area contributed by atoms with Gasteiger partial charge in [-0.2, -0.15) is 0 Å². The maximum Gasteiger partial charge on any atom is 0.316 e. The summed E-state index contributed by atoms with van der Waals surface area (Å²) in [5.74, 6) is -0.629. The highest BCUT2D eigenvalue weighted by Crippen LogP contribution is 2.20. The molecular formula is C16H18FN3O3S. The Hall–Kier alpha value is -2.06.